The largest absolute Gasteiger partial charge is 1.00 e. The van der Waals surface area contributed by atoms with Crippen molar-refractivity contribution in [3.8, 4) is 23.0 Å². The van der Waals surface area contributed by atoms with Gasteiger partial charge in [0.2, 0.25) is 31.9 Å². The van der Waals surface area contributed by atoms with Crippen molar-refractivity contribution in [2.75, 3.05) is 59.0 Å². The number of rotatable bonds is 11. The summed E-state index contributed by atoms with van der Waals surface area (Å²) in [7, 11) is -8.01. The van der Waals surface area contributed by atoms with Gasteiger partial charge in [0, 0.05) is 95.3 Å². The van der Waals surface area contributed by atoms with E-state index in [-0.39, 0.29) is 141 Å². The van der Waals surface area contributed by atoms with E-state index in [0.29, 0.717) is 44.8 Å². The van der Waals surface area contributed by atoms with Gasteiger partial charge >= 0.3 is 29.6 Å². The van der Waals surface area contributed by atoms with Crippen molar-refractivity contribution in [3.63, 3.8) is 0 Å². The van der Waals surface area contributed by atoms with Crippen LogP contribution in [0.3, 0.4) is 0 Å². The van der Waals surface area contributed by atoms with E-state index in [2.05, 4.69) is 16.0 Å². The maximum atomic E-state index is 12.9. The van der Waals surface area contributed by atoms with E-state index in [0.717, 1.165) is 37.1 Å². The molecule has 4 aliphatic rings. The summed E-state index contributed by atoms with van der Waals surface area (Å²) in [5, 5.41) is 52.7. The normalized spacial score (nSPS) is 15.4. The van der Waals surface area contributed by atoms with Gasteiger partial charge in [-0.1, -0.05) is 77.7 Å². The Bertz CT molecular complexity index is 3570. The van der Waals surface area contributed by atoms with Gasteiger partial charge in [0.1, 0.15) is 34.6 Å². The minimum atomic E-state index is -3.66. The number of nitrogens with zero attached hydrogens (tertiary/aromatic N) is 3. The van der Waals surface area contributed by atoms with Crippen LogP contribution in [0.2, 0.25) is 0 Å². The minimum Gasteiger partial charge on any atom is -0.870 e. The summed E-state index contributed by atoms with van der Waals surface area (Å²) in [5.74, 6) is 0.543. The number of amides is 2. The number of hydrogen-bond acceptors (Lipinski definition) is 22. The smallest absolute Gasteiger partial charge is 0.870 e. The molecule has 0 aromatic heterocycles. The summed E-state index contributed by atoms with van der Waals surface area (Å²) in [5.41, 5.74) is 6.75. The van der Waals surface area contributed by atoms with Crippen LogP contribution in [0, 0.1) is 0 Å². The van der Waals surface area contributed by atoms with Crippen LogP contribution in [0.4, 0.5) is 0 Å². The van der Waals surface area contributed by atoms with E-state index in [9.17, 15) is 58.0 Å². The van der Waals surface area contributed by atoms with Crippen molar-refractivity contribution < 1.29 is 113 Å². The van der Waals surface area contributed by atoms with Gasteiger partial charge in [-0.2, -0.15) is 8.61 Å². The monoisotopic (exact) mass is 1350 g/mol. The average Bonchev–Trinajstić information content (AvgIpc) is 1.59. The predicted octanol–water partition coefficient (Wildman–Crippen LogP) is 1.66. The summed E-state index contributed by atoms with van der Waals surface area (Å²) in [6.07, 6.45) is 3.08. The molecular weight excluding hydrogens is 1280 g/mol. The molecule has 1 spiro atoms. The molecule has 4 fully saturated rings. The number of aliphatic hydroxyl groups is 1. The summed E-state index contributed by atoms with van der Waals surface area (Å²) in [4.78, 5) is 47.0. The van der Waals surface area contributed by atoms with Crippen molar-refractivity contribution in [1.29, 1.82) is 0 Å². The number of phenolic OH excluding ortho intramolecular Hbond substituents is 4. The maximum absolute atomic E-state index is 12.9. The Labute approximate surface area is 553 Å². The molecule has 4 saturated heterocycles. The summed E-state index contributed by atoms with van der Waals surface area (Å²) in [6.45, 7) is 6.23. The fraction of sp³-hybridized carbons (Fsp3) is 0.322. The number of halogens is 1. The van der Waals surface area contributed by atoms with Gasteiger partial charge in [-0.05, 0) is 127 Å². The van der Waals surface area contributed by atoms with Crippen molar-refractivity contribution >= 4 is 73.9 Å². The summed E-state index contributed by atoms with van der Waals surface area (Å²) in [6, 6.07) is 40.8. The zero-order valence-electron chi connectivity index (χ0n) is 49.5. The number of aromatic hydroxyl groups is 4. The Hall–Kier alpha value is -6.39. The minimum absolute atomic E-state index is 0. The first-order valence-electron chi connectivity index (χ1n) is 27.4. The number of nitrogens with one attached hydrogen (secondary N) is 3. The number of Topliss-reactive ketones (excluding diaryl/α,β-unsaturated/α-hetero) is 2. The number of carbonyl (C=O) groups excluding carboxylic acids is 4. The Balaban J connectivity index is 0.000000386. The van der Waals surface area contributed by atoms with Crippen LogP contribution in [0.5, 0.6) is 23.0 Å². The molecule has 0 unspecified atom stereocenters. The van der Waals surface area contributed by atoms with Gasteiger partial charge in [-0.15, -0.1) is 0 Å². The molecule has 0 aliphatic carbocycles. The second-order valence-electron chi connectivity index (χ2n) is 19.4. The molecule has 31 heteroatoms. The fourth-order valence-corrected chi connectivity index (χ4v) is 12.5. The molecule has 6 aromatic rings. The quantitative estimate of drug-likeness (QED) is 0.0506. The van der Waals surface area contributed by atoms with Crippen molar-refractivity contribution in [2.24, 2.45) is 5.73 Å². The van der Waals surface area contributed by atoms with Crippen LogP contribution < -0.4 is 51.2 Å². The average molecular weight is 1360 g/mol. The number of hydrogen-bond donors (Lipinski definition) is 9. The SMILES string of the molecule is CCO.NCC(=O)NCc1ccccc1.O=C1CCN(S(=O)(=O)c2ccc(O)cc2)CC1.O=C1CCNCC1.O=C1CNC2(CCN(S(=O)(=O)c3ccc(O)cc3)CC2)N1Cc1ccccc1.O=S(=O)(Cl)c1ccc(O)cc1.O=[S-](=O)c1ccc(O)cc1.[Na+].[OH-]. The van der Waals surface area contributed by atoms with Crippen molar-refractivity contribution in [1.82, 2.24) is 29.5 Å². The zero-order valence-corrected chi connectivity index (χ0v) is 55.6. The van der Waals surface area contributed by atoms with E-state index in [1.54, 1.807) is 6.92 Å². The fourth-order valence-electron chi connectivity index (χ4n) is 8.47. The number of benzene rings is 6. The van der Waals surface area contributed by atoms with E-state index in [1.807, 2.05) is 65.6 Å². The number of sulfonamides is 2. The van der Waals surface area contributed by atoms with Crippen molar-refractivity contribution in [2.45, 2.75) is 83.8 Å². The van der Waals surface area contributed by atoms with E-state index in [1.165, 1.54) is 106 Å². The van der Waals surface area contributed by atoms with Gasteiger partial charge < -0.3 is 60.7 Å². The molecule has 4 aliphatic heterocycles. The van der Waals surface area contributed by atoms with Gasteiger partial charge in [0.05, 0.1) is 33.4 Å². The molecule has 0 bridgehead atoms. The van der Waals surface area contributed by atoms with Crippen LogP contribution in [0.15, 0.2) is 177 Å². The van der Waals surface area contributed by atoms with E-state index < -0.39 is 45.5 Å². The number of nitrogens with two attached hydrogens (primary N) is 1. The number of carbonyl (C=O) groups is 4. The van der Waals surface area contributed by atoms with Gasteiger partial charge in [-0.25, -0.2) is 25.3 Å². The molecule has 0 saturated carbocycles. The van der Waals surface area contributed by atoms with Crippen LogP contribution in [-0.2, 0) is 80.5 Å². The first kappa shape index (κ1) is 79.7. The van der Waals surface area contributed by atoms with Crippen LogP contribution in [-0.4, -0.2) is 158 Å². The molecule has 486 valence electrons. The van der Waals surface area contributed by atoms with Gasteiger partial charge in [0.15, 0.2) is 0 Å². The molecule has 4 heterocycles. The third-order valence-corrected chi connectivity index (χ3v) is 19.0. The van der Waals surface area contributed by atoms with Crippen LogP contribution in [0.25, 0.3) is 0 Å². The Morgan fingerprint density at radius 3 is 1.36 bits per heavy atom. The molecule has 0 atom stereocenters. The number of aliphatic hydroxyl groups excluding tert-OH is 1. The Morgan fingerprint density at radius 1 is 0.600 bits per heavy atom. The number of phenols is 4. The summed E-state index contributed by atoms with van der Waals surface area (Å²) < 4.78 is 94.5. The molecular formula is C59H74ClN7NaO18S4-. The first-order chi connectivity index (χ1) is 41.7. The third-order valence-electron chi connectivity index (χ3n) is 13.2. The van der Waals surface area contributed by atoms with E-state index in [4.69, 9.17) is 36.8 Å². The molecule has 10 rings (SSSR count). The summed E-state index contributed by atoms with van der Waals surface area (Å²) >= 11 is 0. The third kappa shape index (κ3) is 26.8. The van der Waals surface area contributed by atoms with Crippen molar-refractivity contribution in [3.05, 3.63) is 169 Å². The van der Waals surface area contributed by atoms with Crippen LogP contribution in [0.1, 0.15) is 56.6 Å². The topological polar surface area (TPSA) is 408 Å². The molecule has 90 heavy (non-hydrogen) atoms. The van der Waals surface area contributed by atoms with Gasteiger partial charge in [0.25, 0.3) is 9.05 Å². The molecule has 6 aromatic carbocycles. The molecule has 0 radical (unpaired) electrons. The zero-order chi connectivity index (χ0) is 64.9. The Morgan fingerprint density at radius 2 is 0.978 bits per heavy atom. The Kier molecular flexibility index (Phi) is 35.2. The van der Waals surface area contributed by atoms with E-state index >= 15 is 0 Å². The second kappa shape index (κ2) is 39.8. The van der Waals surface area contributed by atoms with Crippen LogP contribution >= 0.6 is 10.7 Å². The van der Waals surface area contributed by atoms with Gasteiger partial charge in [-0.3, -0.25) is 24.5 Å². The molecule has 11 N–H and O–H groups in total. The number of piperidine rings is 3. The predicted molar refractivity (Wildman–Crippen MR) is 330 cm³/mol. The first-order valence-corrected chi connectivity index (χ1v) is 33.7. The standard InChI is InChI=1S/C20H23N3O4S.C11H13NO4S.C9H12N2O.C6H5ClO3S.C6H5O3S.C5H9NO.C2H6O.Na.H2O/c24-17-6-8-18(9-7-17)28(26,27)22-12-10-20(11-13-22)21-14-19(25)23(20)15-16-4-2-1-3-5-16;13-9-1-3-11(4-2-9)17(15,16)12-7-5-10(14)6-8-12;10-6-9(12)11-7-8-4-2-1-3-5-8;7-11(9,10)6-3-1-5(8)2-4-6;7-5-1-3-6(4-2-5)10(8)9;7-5-1-3-6-4-2-5;1-2-3;;/h1-9,21,24H,10-15H2;1-4,13H,5-8H2;1-5H,6-7,10H2,(H,11,12);1-4,8H;1-4,7H;6H,1-4H2;3H,2H2,1H3;;1H2/q;;;;-1;;;+1;/p-1. The molecule has 25 nitrogen and oxygen atoms in total. The second-order valence-corrected chi connectivity index (χ2v) is 26.8. The maximum Gasteiger partial charge on any atom is 1.00 e. The number of ketones is 2. The molecule has 2 amide bonds.